The summed E-state index contributed by atoms with van der Waals surface area (Å²) in [4.78, 5) is 0. The van der Waals surface area contributed by atoms with Crippen molar-refractivity contribution in [3.05, 3.63) is 66.3 Å². The zero-order chi connectivity index (χ0) is 11.3. The second-order valence-electron chi connectivity index (χ2n) is 3.37. The van der Waals surface area contributed by atoms with Gasteiger partial charge >= 0.3 is 0 Å². The van der Waals surface area contributed by atoms with Crippen LogP contribution < -0.4 is 0 Å². The molecule has 0 N–H and O–H groups in total. The van der Waals surface area contributed by atoms with E-state index >= 15 is 0 Å². The molecule has 0 atom stereocenters. The number of rotatable bonds is 3. The van der Waals surface area contributed by atoms with E-state index in [0.717, 1.165) is 11.1 Å². The van der Waals surface area contributed by atoms with Gasteiger partial charge in [0.25, 0.3) is 0 Å². The van der Waals surface area contributed by atoms with Gasteiger partial charge in [-0.1, -0.05) is 49.1 Å². The summed E-state index contributed by atoms with van der Waals surface area (Å²) in [7, 11) is 0. The van der Waals surface area contributed by atoms with Gasteiger partial charge in [-0.2, -0.15) is 5.26 Å². The predicted molar refractivity (Wildman–Crippen MR) is 64.1 cm³/mol. The Morgan fingerprint density at radius 3 is 2.67 bits per heavy atom. The monoisotopic (exact) mass is 195 g/mol. The van der Waals surface area contributed by atoms with Crippen LogP contribution in [0.3, 0.4) is 0 Å². The topological polar surface area (TPSA) is 23.8 Å². The van der Waals surface area contributed by atoms with Gasteiger partial charge < -0.3 is 0 Å². The SMILES string of the molecule is C=C(C#N)/C=C\C(=C)c1cccc(C)c1. The lowest BCUT2D eigenvalue weighted by Gasteiger charge is -2.01. The molecule has 1 aromatic carbocycles. The third-order valence-corrected chi connectivity index (χ3v) is 2.02. The molecule has 0 spiro atoms. The summed E-state index contributed by atoms with van der Waals surface area (Å²) in [5.41, 5.74) is 3.58. The standard InChI is InChI=1S/C14H13N/c1-11-5-4-6-14(9-11)13(3)8-7-12(2)10-15/h4-9H,2-3H2,1H3/b8-7-. The molecule has 0 fully saturated rings. The molecule has 0 saturated heterocycles. The van der Waals surface area contributed by atoms with Crippen molar-refractivity contribution in [2.24, 2.45) is 0 Å². The number of hydrogen-bond donors (Lipinski definition) is 0. The number of nitrogens with zero attached hydrogens (tertiary/aromatic N) is 1. The highest BCUT2D eigenvalue weighted by Crippen LogP contribution is 2.15. The first-order chi connectivity index (χ1) is 7.13. The molecule has 74 valence electrons. The number of allylic oxidation sites excluding steroid dienone is 4. The van der Waals surface area contributed by atoms with Crippen LogP contribution in [0, 0.1) is 18.3 Å². The van der Waals surface area contributed by atoms with Gasteiger partial charge in [0.2, 0.25) is 0 Å². The van der Waals surface area contributed by atoms with Crippen molar-refractivity contribution < 1.29 is 0 Å². The van der Waals surface area contributed by atoms with E-state index in [-0.39, 0.29) is 0 Å². The molecule has 0 radical (unpaired) electrons. The second-order valence-corrected chi connectivity index (χ2v) is 3.37. The molecule has 1 aromatic rings. The van der Waals surface area contributed by atoms with Crippen LogP contribution in [0.2, 0.25) is 0 Å². The lowest BCUT2D eigenvalue weighted by molar-refractivity contribution is 1.45. The van der Waals surface area contributed by atoms with E-state index < -0.39 is 0 Å². The van der Waals surface area contributed by atoms with Crippen molar-refractivity contribution >= 4 is 5.57 Å². The summed E-state index contributed by atoms with van der Waals surface area (Å²) in [6, 6.07) is 10.0. The van der Waals surface area contributed by atoms with Crippen LogP contribution in [-0.4, -0.2) is 0 Å². The van der Waals surface area contributed by atoms with Gasteiger partial charge in [0.05, 0.1) is 6.07 Å². The largest absolute Gasteiger partial charge is 0.192 e. The maximum atomic E-state index is 8.53. The quantitative estimate of drug-likeness (QED) is 0.533. The normalized spacial score (nSPS) is 9.87. The van der Waals surface area contributed by atoms with E-state index in [2.05, 4.69) is 19.2 Å². The highest BCUT2D eigenvalue weighted by atomic mass is 14.2. The Morgan fingerprint density at radius 1 is 1.33 bits per heavy atom. The van der Waals surface area contributed by atoms with Crippen LogP contribution in [-0.2, 0) is 0 Å². The minimum absolute atomic E-state index is 0.434. The van der Waals surface area contributed by atoms with Gasteiger partial charge in [-0.05, 0) is 24.1 Å². The van der Waals surface area contributed by atoms with Crippen molar-refractivity contribution in [2.45, 2.75) is 6.92 Å². The van der Waals surface area contributed by atoms with Crippen LogP contribution in [0.25, 0.3) is 5.57 Å². The van der Waals surface area contributed by atoms with Crippen molar-refractivity contribution in [3.8, 4) is 6.07 Å². The van der Waals surface area contributed by atoms with Crippen LogP contribution in [0.1, 0.15) is 11.1 Å². The average molecular weight is 195 g/mol. The van der Waals surface area contributed by atoms with Crippen LogP contribution in [0.4, 0.5) is 0 Å². The van der Waals surface area contributed by atoms with Crippen LogP contribution in [0.5, 0.6) is 0 Å². The smallest absolute Gasteiger partial charge is 0.0985 e. The minimum atomic E-state index is 0.434. The van der Waals surface area contributed by atoms with Gasteiger partial charge in [-0.25, -0.2) is 0 Å². The fourth-order valence-corrected chi connectivity index (χ4v) is 1.18. The molecule has 0 aliphatic carbocycles. The fourth-order valence-electron chi connectivity index (χ4n) is 1.18. The Bertz CT molecular complexity index is 458. The molecule has 0 amide bonds. The molecule has 0 aromatic heterocycles. The highest BCUT2D eigenvalue weighted by Gasteiger charge is 1.94. The highest BCUT2D eigenvalue weighted by molar-refractivity contribution is 5.73. The fraction of sp³-hybridized carbons (Fsp3) is 0.0714. The molecule has 0 bridgehead atoms. The number of nitriles is 1. The molecule has 15 heavy (non-hydrogen) atoms. The van der Waals surface area contributed by atoms with E-state index in [1.54, 1.807) is 12.2 Å². The lowest BCUT2D eigenvalue weighted by Crippen LogP contribution is -1.80. The van der Waals surface area contributed by atoms with E-state index in [1.807, 2.05) is 31.2 Å². The summed E-state index contributed by atoms with van der Waals surface area (Å²) in [5, 5.41) is 8.53. The van der Waals surface area contributed by atoms with Gasteiger partial charge in [0.1, 0.15) is 0 Å². The third kappa shape index (κ3) is 3.28. The first-order valence-electron chi connectivity index (χ1n) is 4.66. The van der Waals surface area contributed by atoms with Crippen molar-refractivity contribution in [3.63, 3.8) is 0 Å². The van der Waals surface area contributed by atoms with Gasteiger partial charge in [-0.3, -0.25) is 0 Å². The van der Waals surface area contributed by atoms with Gasteiger partial charge in [0.15, 0.2) is 0 Å². The van der Waals surface area contributed by atoms with E-state index in [9.17, 15) is 0 Å². The first-order valence-corrected chi connectivity index (χ1v) is 4.66. The van der Waals surface area contributed by atoms with E-state index in [0.29, 0.717) is 5.57 Å². The third-order valence-electron chi connectivity index (χ3n) is 2.02. The Labute approximate surface area is 90.7 Å². The zero-order valence-corrected chi connectivity index (χ0v) is 8.83. The maximum absolute atomic E-state index is 8.53. The molecule has 0 unspecified atom stereocenters. The number of aryl methyl sites for hydroxylation is 1. The second kappa shape index (κ2) is 4.97. The molecular weight excluding hydrogens is 182 g/mol. The summed E-state index contributed by atoms with van der Waals surface area (Å²) in [5.74, 6) is 0. The summed E-state index contributed by atoms with van der Waals surface area (Å²) in [6.07, 6.45) is 3.48. The van der Waals surface area contributed by atoms with Crippen molar-refractivity contribution in [1.82, 2.24) is 0 Å². The predicted octanol–water partition coefficient (Wildman–Crippen LogP) is 3.64. The van der Waals surface area contributed by atoms with Crippen molar-refractivity contribution in [2.75, 3.05) is 0 Å². The Kier molecular flexibility index (Phi) is 3.65. The maximum Gasteiger partial charge on any atom is 0.0985 e. The summed E-state index contributed by atoms with van der Waals surface area (Å²) < 4.78 is 0. The molecule has 1 heteroatoms. The molecule has 0 heterocycles. The summed E-state index contributed by atoms with van der Waals surface area (Å²) >= 11 is 0. The van der Waals surface area contributed by atoms with Crippen molar-refractivity contribution in [1.29, 1.82) is 5.26 Å². The molecular formula is C14H13N. The van der Waals surface area contributed by atoms with E-state index in [1.165, 1.54) is 5.56 Å². The first kappa shape index (κ1) is 11.0. The molecule has 0 aliphatic heterocycles. The lowest BCUT2D eigenvalue weighted by atomic mass is 10.0. The van der Waals surface area contributed by atoms with E-state index in [4.69, 9.17) is 5.26 Å². The molecule has 1 rings (SSSR count). The molecule has 0 saturated carbocycles. The minimum Gasteiger partial charge on any atom is -0.192 e. The van der Waals surface area contributed by atoms with Crippen LogP contribution in [0.15, 0.2) is 55.1 Å². The van der Waals surface area contributed by atoms with Gasteiger partial charge in [0, 0.05) is 5.57 Å². The number of benzene rings is 1. The number of hydrogen-bond acceptors (Lipinski definition) is 1. The van der Waals surface area contributed by atoms with Gasteiger partial charge in [-0.15, -0.1) is 0 Å². The summed E-state index contributed by atoms with van der Waals surface area (Å²) in [6.45, 7) is 9.54. The van der Waals surface area contributed by atoms with Crippen LogP contribution >= 0.6 is 0 Å². The molecule has 0 aliphatic rings. The Morgan fingerprint density at radius 2 is 2.07 bits per heavy atom. The average Bonchev–Trinajstić information content (AvgIpc) is 2.25. The zero-order valence-electron chi connectivity index (χ0n) is 8.83. The molecule has 1 nitrogen and oxygen atoms in total. The Balaban J connectivity index is 2.83. The Hall–Kier alpha value is -2.07.